The SMILES string of the molecule is CCOC(=O)C(C)Oc1c(Cl)cc(CC(C)N)cc1OC. The molecule has 1 aromatic carbocycles. The van der Waals surface area contributed by atoms with Crippen LogP contribution in [0.25, 0.3) is 0 Å². The van der Waals surface area contributed by atoms with Crippen LogP contribution < -0.4 is 15.2 Å². The second-order valence-corrected chi connectivity index (χ2v) is 5.21. The van der Waals surface area contributed by atoms with E-state index in [-0.39, 0.29) is 6.04 Å². The van der Waals surface area contributed by atoms with E-state index in [1.165, 1.54) is 7.11 Å². The molecule has 0 aromatic heterocycles. The lowest BCUT2D eigenvalue weighted by atomic mass is 10.1. The van der Waals surface area contributed by atoms with Crippen LogP contribution in [-0.2, 0) is 16.0 Å². The molecule has 118 valence electrons. The monoisotopic (exact) mass is 315 g/mol. The number of nitrogens with two attached hydrogens (primary N) is 1. The molecule has 0 amide bonds. The number of esters is 1. The molecular formula is C15H22ClNO4. The predicted molar refractivity (Wildman–Crippen MR) is 82.1 cm³/mol. The zero-order valence-corrected chi connectivity index (χ0v) is 13.6. The van der Waals surface area contributed by atoms with E-state index in [1.807, 2.05) is 13.0 Å². The van der Waals surface area contributed by atoms with E-state index < -0.39 is 12.1 Å². The molecule has 2 N–H and O–H groups in total. The van der Waals surface area contributed by atoms with Crippen LogP contribution in [0.4, 0.5) is 0 Å². The van der Waals surface area contributed by atoms with Gasteiger partial charge >= 0.3 is 5.97 Å². The molecule has 21 heavy (non-hydrogen) atoms. The molecule has 0 aliphatic heterocycles. The molecule has 0 fully saturated rings. The molecule has 0 aliphatic rings. The lowest BCUT2D eigenvalue weighted by Crippen LogP contribution is -2.26. The van der Waals surface area contributed by atoms with Crippen LogP contribution in [0, 0.1) is 0 Å². The molecule has 0 radical (unpaired) electrons. The number of hydrogen-bond donors (Lipinski definition) is 1. The average molecular weight is 316 g/mol. The fourth-order valence-corrected chi connectivity index (χ4v) is 2.14. The van der Waals surface area contributed by atoms with Crippen LogP contribution in [0.2, 0.25) is 5.02 Å². The highest BCUT2D eigenvalue weighted by Gasteiger charge is 2.20. The fraction of sp³-hybridized carbons (Fsp3) is 0.533. The number of hydrogen-bond acceptors (Lipinski definition) is 5. The second kappa shape index (κ2) is 8.10. The first kappa shape index (κ1) is 17.6. The summed E-state index contributed by atoms with van der Waals surface area (Å²) in [5, 5.41) is 0.376. The van der Waals surface area contributed by atoms with Crippen LogP contribution in [-0.4, -0.2) is 31.8 Å². The maximum absolute atomic E-state index is 11.6. The van der Waals surface area contributed by atoms with Gasteiger partial charge in [-0.15, -0.1) is 0 Å². The number of rotatable bonds is 7. The fourth-order valence-electron chi connectivity index (χ4n) is 1.86. The Morgan fingerprint density at radius 2 is 2.05 bits per heavy atom. The molecule has 1 rings (SSSR count). The number of carbonyl (C=O) groups is 1. The maximum atomic E-state index is 11.6. The van der Waals surface area contributed by atoms with Crippen molar-refractivity contribution in [2.45, 2.75) is 39.3 Å². The summed E-state index contributed by atoms with van der Waals surface area (Å²) in [5.74, 6) is 0.345. The van der Waals surface area contributed by atoms with Gasteiger partial charge in [-0.25, -0.2) is 4.79 Å². The third-order valence-corrected chi connectivity index (χ3v) is 3.04. The highest BCUT2D eigenvalue weighted by Crippen LogP contribution is 2.37. The lowest BCUT2D eigenvalue weighted by molar-refractivity contribution is -0.150. The first-order valence-corrected chi connectivity index (χ1v) is 7.22. The van der Waals surface area contributed by atoms with Gasteiger partial charge in [0.25, 0.3) is 0 Å². The van der Waals surface area contributed by atoms with Crippen molar-refractivity contribution in [1.29, 1.82) is 0 Å². The third kappa shape index (κ3) is 5.10. The summed E-state index contributed by atoms with van der Waals surface area (Å²) in [6.07, 6.45) is -0.0975. The average Bonchev–Trinajstić information content (AvgIpc) is 2.40. The van der Waals surface area contributed by atoms with Gasteiger partial charge in [0.15, 0.2) is 17.6 Å². The number of ether oxygens (including phenoxy) is 3. The normalized spacial score (nSPS) is 13.4. The minimum absolute atomic E-state index is 0.0102. The first-order chi connectivity index (χ1) is 9.88. The Labute approximate surface area is 130 Å². The number of halogens is 1. The van der Waals surface area contributed by atoms with Crippen LogP contribution in [0.15, 0.2) is 12.1 Å². The van der Waals surface area contributed by atoms with Gasteiger partial charge in [-0.3, -0.25) is 0 Å². The molecule has 1 aromatic rings. The highest BCUT2D eigenvalue weighted by molar-refractivity contribution is 6.32. The zero-order chi connectivity index (χ0) is 16.0. The second-order valence-electron chi connectivity index (χ2n) is 4.80. The van der Waals surface area contributed by atoms with Gasteiger partial charge in [0.1, 0.15) is 0 Å². The Morgan fingerprint density at radius 3 is 2.57 bits per heavy atom. The van der Waals surface area contributed by atoms with Crippen LogP contribution in [0.1, 0.15) is 26.3 Å². The molecule has 5 nitrogen and oxygen atoms in total. The van der Waals surface area contributed by atoms with Crippen LogP contribution >= 0.6 is 11.6 Å². The predicted octanol–water partition coefficient (Wildman–Crippen LogP) is 2.57. The summed E-state index contributed by atoms with van der Waals surface area (Å²) in [6.45, 7) is 5.54. The van der Waals surface area contributed by atoms with Gasteiger partial charge in [-0.05, 0) is 44.9 Å². The summed E-state index contributed by atoms with van der Waals surface area (Å²) in [4.78, 5) is 11.6. The van der Waals surface area contributed by atoms with E-state index in [4.69, 9.17) is 31.5 Å². The Morgan fingerprint density at radius 1 is 1.38 bits per heavy atom. The van der Waals surface area contributed by atoms with Gasteiger partial charge in [0, 0.05) is 6.04 Å². The van der Waals surface area contributed by atoms with Gasteiger partial charge in [0.05, 0.1) is 18.7 Å². The Hall–Kier alpha value is -1.46. The number of methoxy groups -OCH3 is 1. The highest BCUT2D eigenvalue weighted by atomic mass is 35.5. The Bertz CT molecular complexity index is 491. The van der Waals surface area contributed by atoms with Crippen molar-refractivity contribution >= 4 is 17.6 Å². The summed E-state index contributed by atoms with van der Waals surface area (Å²) in [7, 11) is 1.52. The van der Waals surface area contributed by atoms with E-state index >= 15 is 0 Å². The maximum Gasteiger partial charge on any atom is 0.347 e. The molecule has 0 heterocycles. The number of carbonyl (C=O) groups excluding carboxylic acids is 1. The van der Waals surface area contributed by atoms with Crippen molar-refractivity contribution in [3.05, 3.63) is 22.7 Å². The molecular weight excluding hydrogens is 294 g/mol. The summed E-state index contributed by atoms with van der Waals surface area (Å²) < 4.78 is 15.8. The van der Waals surface area contributed by atoms with E-state index in [1.54, 1.807) is 19.9 Å². The molecule has 0 bridgehead atoms. The molecule has 0 spiro atoms. The van der Waals surface area contributed by atoms with Crippen molar-refractivity contribution in [2.24, 2.45) is 5.73 Å². The molecule has 2 atom stereocenters. The zero-order valence-electron chi connectivity index (χ0n) is 12.8. The van der Waals surface area contributed by atoms with Gasteiger partial charge in [-0.2, -0.15) is 0 Å². The van der Waals surface area contributed by atoms with Crippen molar-refractivity contribution in [1.82, 2.24) is 0 Å². The van der Waals surface area contributed by atoms with Crippen molar-refractivity contribution in [3.8, 4) is 11.5 Å². The van der Waals surface area contributed by atoms with Gasteiger partial charge in [-0.1, -0.05) is 11.6 Å². The third-order valence-electron chi connectivity index (χ3n) is 2.76. The minimum Gasteiger partial charge on any atom is -0.493 e. The molecule has 0 saturated carbocycles. The molecule has 0 aliphatic carbocycles. The van der Waals surface area contributed by atoms with E-state index in [0.29, 0.717) is 29.5 Å². The van der Waals surface area contributed by atoms with E-state index in [9.17, 15) is 4.79 Å². The summed E-state index contributed by atoms with van der Waals surface area (Å²) >= 11 is 6.22. The van der Waals surface area contributed by atoms with Gasteiger partial charge in [0.2, 0.25) is 0 Å². The Balaban J connectivity index is 2.98. The van der Waals surface area contributed by atoms with E-state index in [2.05, 4.69) is 0 Å². The van der Waals surface area contributed by atoms with Crippen molar-refractivity contribution in [3.63, 3.8) is 0 Å². The van der Waals surface area contributed by atoms with Crippen LogP contribution in [0.5, 0.6) is 11.5 Å². The van der Waals surface area contributed by atoms with E-state index in [0.717, 1.165) is 5.56 Å². The summed E-state index contributed by atoms with van der Waals surface area (Å²) in [5.41, 5.74) is 6.73. The quantitative estimate of drug-likeness (QED) is 0.783. The first-order valence-electron chi connectivity index (χ1n) is 6.84. The largest absolute Gasteiger partial charge is 0.493 e. The standard InChI is InChI=1S/C15H22ClNO4/c1-5-20-15(18)10(3)21-14-12(16)7-11(6-9(2)17)8-13(14)19-4/h7-10H,5-6,17H2,1-4H3. The van der Waals surface area contributed by atoms with Crippen molar-refractivity contribution in [2.75, 3.05) is 13.7 Å². The molecule has 0 saturated heterocycles. The molecule has 6 heteroatoms. The topological polar surface area (TPSA) is 70.8 Å². The van der Waals surface area contributed by atoms with Crippen molar-refractivity contribution < 1.29 is 19.0 Å². The van der Waals surface area contributed by atoms with Gasteiger partial charge < -0.3 is 19.9 Å². The smallest absolute Gasteiger partial charge is 0.347 e. The minimum atomic E-state index is -0.768. The molecule has 2 unspecified atom stereocenters. The number of benzene rings is 1. The Kier molecular flexibility index (Phi) is 6.78. The summed E-state index contributed by atoms with van der Waals surface area (Å²) in [6, 6.07) is 3.58. The van der Waals surface area contributed by atoms with Crippen LogP contribution in [0.3, 0.4) is 0 Å². The lowest BCUT2D eigenvalue weighted by Gasteiger charge is -2.18.